The van der Waals surface area contributed by atoms with Crippen LogP contribution in [-0.4, -0.2) is 26.5 Å². The highest BCUT2D eigenvalue weighted by atomic mass is 32.1. The molecule has 3 heterocycles. The Bertz CT molecular complexity index is 532. The van der Waals surface area contributed by atoms with Crippen molar-refractivity contribution in [1.29, 1.82) is 0 Å². The van der Waals surface area contributed by atoms with Crippen LogP contribution in [0.3, 0.4) is 0 Å². The summed E-state index contributed by atoms with van der Waals surface area (Å²) in [6, 6.07) is 4.20. The first-order chi connectivity index (χ1) is 8.28. The Morgan fingerprint density at radius 3 is 3.06 bits per heavy atom. The predicted octanol–water partition coefficient (Wildman–Crippen LogP) is 1.87. The van der Waals surface area contributed by atoms with Crippen LogP contribution in [0.15, 0.2) is 12.1 Å². The molecule has 0 amide bonds. The third kappa shape index (κ3) is 1.89. The summed E-state index contributed by atoms with van der Waals surface area (Å²) in [4.78, 5) is 2.45. The number of nitrogens with zero attached hydrogens (tertiary/aromatic N) is 3. The Morgan fingerprint density at radius 1 is 1.47 bits per heavy atom. The van der Waals surface area contributed by atoms with Crippen LogP contribution in [-0.2, 0) is 13.0 Å². The van der Waals surface area contributed by atoms with Gasteiger partial charge in [-0.05, 0) is 25.5 Å². The zero-order valence-electron chi connectivity index (χ0n) is 9.76. The second-order valence-corrected chi connectivity index (χ2v) is 5.84. The van der Waals surface area contributed by atoms with Crippen LogP contribution in [0.1, 0.15) is 17.1 Å². The van der Waals surface area contributed by atoms with Gasteiger partial charge in [0.05, 0.1) is 4.88 Å². The number of hydrogen-bond donors (Lipinski definition) is 1. The highest BCUT2D eigenvalue weighted by Gasteiger charge is 2.23. The van der Waals surface area contributed by atoms with Gasteiger partial charge < -0.3 is 9.67 Å². The van der Waals surface area contributed by atoms with Gasteiger partial charge in [0.15, 0.2) is 5.82 Å². The molecule has 4 nitrogen and oxygen atoms in total. The highest BCUT2D eigenvalue weighted by Crippen LogP contribution is 2.29. The molecule has 1 atom stereocenters. The third-order valence-corrected chi connectivity index (χ3v) is 4.26. The molecule has 2 aromatic rings. The van der Waals surface area contributed by atoms with Gasteiger partial charge >= 0.3 is 0 Å². The van der Waals surface area contributed by atoms with Crippen LogP contribution in [0.25, 0.3) is 10.7 Å². The maximum atomic E-state index is 9.27. The molecule has 0 aliphatic carbocycles. The number of aliphatic hydroxyl groups is 1. The molecule has 0 saturated carbocycles. The topological polar surface area (TPSA) is 50.9 Å². The highest BCUT2D eigenvalue weighted by molar-refractivity contribution is 7.15. The van der Waals surface area contributed by atoms with E-state index in [1.165, 1.54) is 9.75 Å². The van der Waals surface area contributed by atoms with Gasteiger partial charge in [0, 0.05) is 30.4 Å². The maximum Gasteiger partial charge on any atom is 0.174 e. The molecule has 90 valence electrons. The first-order valence-electron chi connectivity index (χ1n) is 5.87. The van der Waals surface area contributed by atoms with E-state index in [0.717, 1.165) is 31.0 Å². The molecule has 0 fully saturated rings. The summed E-state index contributed by atoms with van der Waals surface area (Å²) in [6.07, 6.45) is 1.93. The number of fused-ring (bicyclic) bond motifs is 1. The molecule has 3 rings (SSSR count). The lowest BCUT2D eigenvalue weighted by Gasteiger charge is -2.22. The summed E-state index contributed by atoms with van der Waals surface area (Å²) in [7, 11) is 0. The molecular weight excluding hydrogens is 234 g/mol. The van der Waals surface area contributed by atoms with Crippen molar-refractivity contribution in [2.24, 2.45) is 5.92 Å². The van der Waals surface area contributed by atoms with Crippen LogP contribution in [0.2, 0.25) is 0 Å². The second kappa shape index (κ2) is 4.23. The average molecular weight is 249 g/mol. The molecule has 1 N–H and O–H groups in total. The molecule has 2 aromatic heterocycles. The van der Waals surface area contributed by atoms with Gasteiger partial charge in [0.25, 0.3) is 0 Å². The van der Waals surface area contributed by atoms with Gasteiger partial charge in [-0.25, -0.2) is 0 Å². The Labute approximate surface area is 104 Å². The van der Waals surface area contributed by atoms with Gasteiger partial charge in [-0.1, -0.05) is 0 Å². The maximum absolute atomic E-state index is 9.27. The Hall–Kier alpha value is -1.20. The van der Waals surface area contributed by atoms with Crippen LogP contribution >= 0.6 is 11.3 Å². The van der Waals surface area contributed by atoms with Crippen molar-refractivity contribution in [3.8, 4) is 10.7 Å². The van der Waals surface area contributed by atoms with Crippen molar-refractivity contribution in [2.75, 3.05) is 6.61 Å². The molecule has 0 spiro atoms. The summed E-state index contributed by atoms with van der Waals surface area (Å²) in [5.41, 5.74) is 0. The fourth-order valence-electron chi connectivity index (χ4n) is 2.28. The fraction of sp³-hybridized carbons (Fsp3) is 0.500. The SMILES string of the molecule is Cc1ccc(-c2nnc3n2CC(CO)CC3)s1. The zero-order chi connectivity index (χ0) is 11.8. The number of aryl methyl sites for hydroxylation is 2. The second-order valence-electron chi connectivity index (χ2n) is 4.55. The molecule has 1 aliphatic rings. The van der Waals surface area contributed by atoms with Crippen LogP contribution in [0.5, 0.6) is 0 Å². The molecule has 5 heteroatoms. The lowest BCUT2D eigenvalue weighted by molar-refractivity contribution is 0.191. The van der Waals surface area contributed by atoms with Crippen molar-refractivity contribution in [3.05, 3.63) is 22.8 Å². The van der Waals surface area contributed by atoms with E-state index < -0.39 is 0 Å². The molecule has 1 aliphatic heterocycles. The lowest BCUT2D eigenvalue weighted by atomic mass is 10.0. The predicted molar refractivity (Wildman–Crippen MR) is 67.0 cm³/mol. The fourth-order valence-corrected chi connectivity index (χ4v) is 3.14. The zero-order valence-corrected chi connectivity index (χ0v) is 10.6. The van der Waals surface area contributed by atoms with Gasteiger partial charge in [0.1, 0.15) is 5.82 Å². The van der Waals surface area contributed by atoms with Gasteiger partial charge in [-0.3, -0.25) is 0 Å². The third-order valence-electron chi connectivity index (χ3n) is 3.26. The normalized spacial score (nSPS) is 19.3. The van der Waals surface area contributed by atoms with Gasteiger partial charge in [-0.15, -0.1) is 21.5 Å². The van der Waals surface area contributed by atoms with Crippen LogP contribution in [0.4, 0.5) is 0 Å². The van der Waals surface area contributed by atoms with Crippen molar-refractivity contribution >= 4 is 11.3 Å². The molecule has 0 aromatic carbocycles. The van der Waals surface area contributed by atoms with Crippen molar-refractivity contribution in [2.45, 2.75) is 26.3 Å². The Kier molecular flexibility index (Phi) is 2.72. The summed E-state index contributed by atoms with van der Waals surface area (Å²) in [6.45, 7) is 3.18. The minimum absolute atomic E-state index is 0.251. The standard InChI is InChI=1S/C12H15N3OS/c1-8-2-4-10(17-8)12-14-13-11-5-3-9(7-16)6-15(11)12/h2,4,9,16H,3,5-7H2,1H3. The minimum Gasteiger partial charge on any atom is -0.396 e. The summed E-state index contributed by atoms with van der Waals surface area (Å²) < 4.78 is 2.16. The van der Waals surface area contributed by atoms with Gasteiger partial charge in [0.2, 0.25) is 0 Å². The summed E-state index contributed by atoms with van der Waals surface area (Å²) in [5, 5.41) is 17.8. The monoisotopic (exact) mass is 249 g/mol. The number of aromatic nitrogens is 3. The number of aliphatic hydroxyl groups excluding tert-OH is 1. The first-order valence-corrected chi connectivity index (χ1v) is 6.69. The van der Waals surface area contributed by atoms with Crippen LogP contribution in [0, 0.1) is 12.8 Å². The van der Waals surface area contributed by atoms with E-state index >= 15 is 0 Å². The molecule has 0 bridgehead atoms. The molecular formula is C12H15N3OS. The minimum atomic E-state index is 0.251. The smallest absolute Gasteiger partial charge is 0.174 e. The summed E-state index contributed by atoms with van der Waals surface area (Å²) >= 11 is 1.74. The molecule has 0 radical (unpaired) electrons. The average Bonchev–Trinajstić information content (AvgIpc) is 2.93. The first kappa shape index (κ1) is 10.9. The molecule has 1 unspecified atom stereocenters. The van der Waals surface area contributed by atoms with Crippen molar-refractivity contribution in [1.82, 2.24) is 14.8 Å². The van der Waals surface area contributed by atoms with E-state index in [4.69, 9.17) is 0 Å². The summed E-state index contributed by atoms with van der Waals surface area (Å²) in [5.74, 6) is 2.35. The quantitative estimate of drug-likeness (QED) is 0.884. The number of rotatable bonds is 2. The van der Waals surface area contributed by atoms with Crippen molar-refractivity contribution < 1.29 is 5.11 Å². The van der Waals surface area contributed by atoms with Gasteiger partial charge in [-0.2, -0.15) is 0 Å². The van der Waals surface area contributed by atoms with E-state index in [9.17, 15) is 5.11 Å². The van der Waals surface area contributed by atoms with Crippen molar-refractivity contribution in [3.63, 3.8) is 0 Å². The Balaban J connectivity index is 2.00. The lowest BCUT2D eigenvalue weighted by Crippen LogP contribution is -2.23. The molecule has 17 heavy (non-hydrogen) atoms. The van der Waals surface area contributed by atoms with E-state index in [2.05, 4.69) is 33.8 Å². The number of thiophene rings is 1. The molecule has 0 saturated heterocycles. The van der Waals surface area contributed by atoms with E-state index in [1.807, 2.05) is 0 Å². The van der Waals surface area contributed by atoms with Crippen LogP contribution < -0.4 is 0 Å². The largest absolute Gasteiger partial charge is 0.396 e. The van der Waals surface area contributed by atoms with E-state index in [-0.39, 0.29) is 6.61 Å². The Morgan fingerprint density at radius 2 is 2.35 bits per heavy atom. The van der Waals surface area contributed by atoms with E-state index in [0.29, 0.717) is 5.92 Å². The number of hydrogen-bond acceptors (Lipinski definition) is 4. The van der Waals surface area contributed by atoms with E-state index in [1.54, 1.807) is 11.3 Å².